The van der Waals surface area contributed by atoms with Crippen molar-refractivity contribution in [2.75, 3.05) is 40.9 Å². The Kier molecular flexibility index (Phi) is 45.7. The second-order valence-corrected chi connectivity index (χ2v) is 19.9. The zero-order chi connectivity index (χ0) is 49.2. The number of carbonyl (C=O) groups is 1. The molecule has 0 fully saturated rings. The predicted octanol–water partition coefficient (Wildman–Crippen LogP) is 15.2. The number of hydrogen-bond donors (Lipinski definition) is 2. The van der Waals surface area contributed by atoms with Crippen molar-refractivity contribution < 1.29 is 32.9 Å². The van der Waals surface area contributed by atoms with Gasteiger partial charge in [-0.1, -0.05) is 200 Å². The number of allylic oxidation sites excluding steroid dienone is 19. The number of hydrogen-bond acceptors (Lipinski definition) is 6. The number of phosphoric ester groups is 1. The minimum Gasteiger partial charge on any atom is -0.756 e. The van der Waals surface area contributed by atoms with Crippen LogP contribution in [0.3, 0.4) is 0 Å². The molecule has 0 saturated carbocycles. The Balaban J connectivity index is 4.27. The average molecular weight is 951 g/mol. The van der Waals surface area contributed by atoms with Gasteiger partial charge in [0.1, 0.15) is 13.2 Å². The van der Waals surface area contributed by atoms with Gasteiger partial charge in [0.2, 0.25) is 5.91 Å². The molecule has 2 N–H and O–H groups in total. The Morgan fingerprint density at radius 2 is 0.925 bits per heavy atom. The molecule has 0 bridgehead atoms. The summed E-state index contributed by atoms with van der Waals surface area (Å²) in [7, 11) is 1.21. The lowest BCUT2D eigenvalue weighted by atomic mass is 10.1. The number of aliphatic hydroxyl groups is 1. The fourth-order valence-corrected chi connectivity index (χ4v) is 7.47. The lowest BCUT2D eigenvalue weighted by Crippen LogP contribution is -2.45. The van der Waals surface area contributed by atoms with Crippen LogP contribution in [0.1, 0.15) is 187 Å². The Hall–Kier alpha value is -3.10. The van der Waals surface area contributed by atoms with Gasteiger partial charge in [-0.3, -0.25) is 9.36 Å². The zero-order valence-corrected chi connectivity index (χ0v) is 44.2. The average Bonchev–Trinajstić information content (AvgIpc) is 3.29. The molecule has 0 aliphatic carbocycles. The maximum absolute atomic E-state index is 12.9. The van der Waals surface area contributed by atoms with E-state index in [0.717, 1.165) is 109 Å². The molecule has 0 heterocycles. The van der Waals surface area contributed by atoms with Crippen molar-refractivity contribution in [2.24, 2.45) is 0 Å². The molecule has 0 rings (SSSR count). The lowest BCUT2D eigenvalue weighted by molar-refractivity contribution is -0.870. The van der Waals surface area contributed by atoms with Crippen molar-refractivity contribution in [3.63, 3.8) is 0 Å². The van der Waals surface area contributed by atoms with E-state index in [0.29, 0.717) is 17.4 Å². The minimum atomic E-state index is -4.61. The molecule has 0 aromatic rings. The highest BCUT2D eigenvalue weighted by Gasteiger charge is 2.23. The number of carbonyl (C=O) groups excluding carboxylic acids is 1. The first-order valence-electron chi connectivity index (χ1n) is 26.4. The number of quaternary nitrogens is 1. The number of nitrogens with zero attached hydrogens (tertiary/aromatic N) is 1. The minimum absolute atomic E-state index is 0.0168. The van der Waals surface area contributed by atoms with Crippen LogP contribution in [0.15, 0.2) is 122 Å². The van der Waals surface area contributed by atoms with Crippen molar-refractivity contribution >= 4 is 13.7 Å². The second kappa shape index (κ2) is 47.9. The van der Waals surface area contributed by atoms with Gasteiger partial charge in [0.15, 0.2) is 0 Å². The van der Waals surface area contributed by atoms with Gasteiger partial charge in [-0.2, -0.15) is 0 Å². The number of aliphatic hydroxyl groups excluding tert-OH is 1. The van der Waals surface area contributed by atoms with Crippen LogP contribution in [-0.4, -0.2) is 68.5 Å². The van der Waals surface area contributed by atoms with Gasteiger partial charge < -0.3 is 28.8 Å². The number of nitrogens with one attached hydrogen (secondary N) is 1. The summed E-state index contributed by atoms with van der Waals surface area (Å²) < 4.78 is 23.2. The zero-order valence-electron chi connectivity index (χ0n) is 43.3. The predicted molar refractivity (Wildman–Crippen MR) is 288 cm³/mol. The largest absolute Gasteiger partial charge is 0.756 e. The Morgan fingerprint density at radius 1 is 0.537 bits per heavy atom. The van der Waals surface area contributed by atoms with E-state index in [1.165, 1.54) is 57.8 Å². The maximum Gasteiger partial charge on any atom is 0.268 e. The van der Waals surface area contributed by atoms with E-state index in [9.17, 15) is 19.4 Å². The SMILES string of the molecule is CC/C=C\C/C=C\C/C=C\C/C=C\C/C=C\C/C=C\C/C=C\CCCCCCCCCCCC(=O)NC(COP(=O)([O-])OCC[N+](C)(C)C)C(O)/C=C/CC/C=C/CC/C=C/CCCCCC. The van der Waals surface area contributed by atoms with Gasteiger partial charge in [-0.15, -0.1) is 0 Å². The number of phosphoric acid groups is 1. The van der Waals surface area contributed by atoms with Crippen molar-refractivity contribution in [1.82, 2.24) is 5.32 Å². The highest BCUT2D eigenvalue weighted by Crippen LogP contribution is 2.38. The first-order valence-corrected chi connectivity index (χ1v) is 27.9. The van der Waals surface area contributed by atoms with Gasteiger partial charge in [0, 0.05) is 6.42 Å². The summed E-state index contributed by atoms with van der Waals surface area (Å²) in [6, 6.07) is -0.921. The smallest absolute Gasteiger partial charge is 0.268 e. The molecule has 9 heteroatoms. The van der Waals surface area contributed by atoms with Crippen molar-refractivity contribution in [3.8, 4) is 0 Å². The Bertz CT molecular complexity index is 1500. The number of likely N-dealkylation sites (N-methyl/N-ethyl adjacent to an activating group) is 1. The maximum atomic E-state index is 12.9. The molecule has 0 spiro atoms. The highest BCUT2D eigenvalue weighted by molar-refractivity contribution is 7.45. The summed E-state index contributed by atoms with van der Waals surface area (Å²) in [5.74, 6) is -0.225. The third-order valence-electron chi connectivity index (χ3n) is 10.9. The van der Waals surface area contributed by atoms with E-state index in [1.807, 2.05) is 27.2 Å². The summed E-state index contributed by atoms with van der Waals surface area (Å²) in [5, 5.41) is 13.8. The quantitative estimate of drug-likeness (QED) is 0.0272. The molecule has 0 radical (unpaired) electrons. The van der Waals surface area contributed by atoms with Crippen LogP contribution in [-0.2, 0) is 18.4 Å². The van der Waals surface area contributed by atoms with Crippen LogP contribution in [0, 0.1) is 0 Å². The van der Waals surface area contributed by atoms with Gasteiger partial charge in [0.25, 0.3) is 7.82 Å². The van der Waals surface area contributed by atoms with E-state index in [1.54, 1.807) is 6.08 Å². The molecule has 67 heavy (non-hydrogen) atoms. The van der Waals surface area contributed by atoms with E-state index in [4.69, 9.17) is 9.05 Å². The fraction of sp³-hybridized carbons (Fsp3) is 0.638. The molecule has 3 atom stereocenters. The number of rotatable bonds is 46. The summed E-state index contributed by atoms with van der Waals surface area (Å²) in [6.45, 7) is 4.45. The molecule has 1 amide bonds. The van der Waals surface area contributed by atoms with Gasteiger partial charge in [-0.25, -0.2) is 0 Å². The Morgan fingerprint density at radius 3 is 1.39 bits per heavy atom. The third-order valence-corrected chi connectivity index (χ3v) is 11.8. The molecule has 0 aliphatic heterocycles. The van der Waals surface area contributed by atoms with E-state index in [2.05, 4.69) is 129 Å². The van der Waals surface area contributed by atoms with Crippen LogP contribution in [0.2, 0.25) is 0 Å². The van der Waals surface area contributed by atoms with Gasteiger partial charge in [0.05, 0.1) is 39.9 Å². The van der Waals surface area contributed by atoms with Crippen molar-refractivity contribution in [1.29, 1.82) is 0 Å². The van der Waals surface area contributed by atoms with Crippen LogP contribution >= 0.6 is 7.82 Å². The van der Waals surface area contributed by atoms with Gasteiger partial charge >= 0.3 is 0 Å². The second-order valence-electron chi connectivity index (χ2n) is 18.5. The Labute approximate surface area is 412 Å². The van der Waals surface area contributed by atoms with Crippen LogP contribution in [0.5, 0.6) is 0 Å². The molecular formula is C58H99N2O6P. The number of amides is 1. The monoisotopic (exact) mass is 951 g/mol. The number of unbranched alkanes of at least 4 members (excludes halogenated alkanes) is 15. The van der Waals surface area contributed by atoms with Crippen molar-refractivity contribution in [2.45, 2.75) is 199 Å². The third kappa shape index (κ3) is 50.6. The molecule has 0 aromatic heterocycles. The first-order chi connectivity index (χ1) is 32.5. The summed E-state index contributed by atoms with van der Waals surface area (Å²) >= 11 is 0. The molecule has 0 saturated heterocycles. The summed E-state index contributed by atoms with van der Waals surface area (Å²) in [4.78, 5) is 25.4. The van der Waals surface area contributed by atoms with Crippen LogP contribution < -0.4 is 10.2 Å². The van der Waals surface area contributed by atoms with Crippen LogP contribution in [0.25, 0.3) is 0 Å². The summed E-state index contributed by atoms with van der Waals surface area (Å²) in [5.41, 5.74) is 0. The molecule has 382 valence electrons. The molecule has 0 aromatic carbocycles. The molecule has 8 nitrogen and oxygen atoms in total. The topological polar surface area (TPSA) is 108 Å². The lowest BCUT2D eigenvalue weighted by Gasteiger charge is -2.29. The molecular weight excluding hydrogens is 852 g/mol. The normalized spacial score (nSPS) is 15.0. The molecule has 3 unspecified atom stereocenters. The standard InChI is InChI=1S/C58H99N2O6P/c1-6-8-10-12-14-16-18-20-22-23-24-25-26-27-28-29-30-31-32-33-34-35-36-37-38-40-42-44-46-48-50-52-58(62)59-56(55-66-67(63,64)65-54-53-60(3,4)5)57(61)51-49-47-45-43-41-39-21-19-17-15-13-11-9-7-2/h8,10,14,16-17,19-20,22,24-25,27-28,30-31,33-34,41,43,49,51,56-57,61H,6-7,9,11-13,15,18,21,23,26,29,32,35-40,42,44-48,50,52-55H2,1-5H3,(H-,59,62,63,64)/b10-8-,16-14-,19-17+,22-20-,25-24-,28-27-,31-30-,34-33-,43-41+,51-49+. The van der Waals surface area contributed by atoms with E-state index in [-0.39, 0.29) is 12.5 Å². The summed E-state index contributed by atoms with van der Waals surface area (Å²) in [6.07, 6.45) is 71.2. The van der Waals surface area contributed by atoms with E-state index >= 15 is 0 Å². The molecule has 0 aliphatic rings. The van der Waals surface area contributed by atoms with Gasteiger partial charge in [-0.05, 0) is 103 Å². The van der Waals surface area contributed by atoms with E-state index < -0.39 is 26.6 Å². The van der Waals surface area contributed by atoms with Crippen LogP contribution in [0.4, 0.5) is 0 Å². The first kappa shape index (κ1) is 63.9. The van der Waals surface area contributed by atoms with Crippen molar-refractivity contribution in [3.05, 3.63) is 122 Å². The highest BCUT2D eigenvalue weighted by atomic mass is 31.2. The fourth-order valence-electron chi connectivity index (χ4n) is 6.75.